The summed E-state index contributed by atoms with van der Waals surface area (Å²) in [6.45, 7) is 7.69. The van der Waals surface area contributed by atoms with Crippen molar-refractivity contribution in [3.63, 3.8) is 0 Å². The van der Waals surface area contributed by atoms with E-state index in [0.717, 1.165) is 18.1 Å². The van der Waals surface area contributed by atoms with Crippen LogP contribution in [0.15, 0.2) is 12.4 Å². The number of carbonyl (C=O) groups is 1. The van der Waals surface area contributed by atoms with Gasteiger partial charge in [-0.15, -0.1) is 0 Å². The van der Waals surface area contributed by atoms with Crippen molar-refractivity contribution in [2.75, 3.05) is 12.0 Å². The number of carbonyl (C=O) groups excluding carboxylic acids is 1. The molecule has 2 amide bonds. The fourth-order valence-corrected chi connectivity index (χ4v) is 2.38. The quantitative estimate of drug-likeness (QED) is 0.806. The molecule has 0 aliphatic carbocycles. The van der Waals surface area contributed by atoms with E-state index < -0.39 is 0 Å². The molecule has 0 fully saturated rings. The minimum atomic E-state index is -0.138. The first-order valence-electron chi connectivity index (χ1n) is 6.56. The van der Waals surface area contributed by atoms with Crippen molar-refractivity contribution < 1.29 is 4.79 Å². The number of imidazole rings is 1. The molecule has 0 aromatic carbocycles. The van der Waals surface area contributed by atoms with Gasteiger partial charge >= 0.3 is 6.03 Å². The van der Waals surface area contributed by atoms with Crippen LogP contribution in [0.3, 0.4) is 0 Å². The van der Waals surface area contributed by atoms with Crippen molar-refractivity contribution in [3.05, 3.63) is 18.2 Å². The summed E-state index contributed by atoms with van der Waals surface area (Å²) < 4.78 is 2.08. The third-order valence-corrected chi connectivity index (χ3v) is 3.40. The van der Waals surface area contributed by atoms with Gasteiger partial charge in [0.25, 0.3) is 0 Å². The first kappa shape index (κ1) is 15.9. The number of amides is 2. The number of urea groups is 1. The molecule has 0 bridgehead atoms. The zero-order chi connectivity index (χ0) is 14.3. The number of rotatable bonds is 7. The lowest BCUT2D eigenvalue weighted by molar-refractivity contribution is 0.238. The summed E-state index contributed by atoms with van der Waals surface area (Å²) in [5.41, 5.74) is 0. The van der Waals surface area contributed by atoms with Gasteiger partial charge in [0.2, 0.25) is 0 Å². The molecule has 0 radical (unpaired) electrons. The SMILES string of the molecule is CSCC(C)NC(=O)NCc1nccn1CC(C)C. The molecule has 5 nitrogen and oxygen atoms in total. The summed E-state index contributed by atoms with van der Waals surface area (Å²) in [7, 11) is 0. The maximum absolute atomic E-state index is 11.7. The highest BCUT2D eigenvalue weighted by Gasteiger charge is 2.08. The van der Waals surface area contributed by atoms with Crippen LogP contribution in [0, 0.1) is 5.92 Å². The van der Waals surface area contributed by atoms with Crippen LogP contribution in [-0.4, -0.2) is 33.6 Å². The highest BCUT2D eigenvalue weighted by Crippen LogP contribution is 2.03. The van der Waals surface area contributed by atoms with Crippen LogP contribution in [0.5, 0.6) is 0 Å². The summed E-state index contributed by atoms with van der Waals surface area (Å²) in [6.07, 6.45) is 5.75. The first-order chi connectivity index (χ1) is 9.02. The third kappa shape index (κ3) is 6.00. The lowest BCUT2D eigenvalue weighted by Crippen LogP contribution is -2.41. The Morgan fingerprint density at radius 2 is 2.21 bits per heavy atom. The molecule has 6 heteroatoms. The maximum Gasteiger partial charge on any atom is 0.315 e. The monoisotopic (exact) mass is 284 g/mol. The van der Waals surface area contributed by atoms with Gasteiger partial charge in [-0.05, 0) is 19.1 Å². The van der Waals surface area contributed by atoms with E-state index in [9.17, 15) is 4.79 Å². The molecule has 1 rings (SSSR count). The van der Waals surface area contributed by atoms with E-state index in [1.807, 2.05) is 19.4 Å². The second kappa shape index (κ2) is 8.09. The second-order valence-electron chi connectivity index (χ2n) is 5.07. The Kier molecular flexibility index (Phi) is 6.77. The molecule has 0 aliphatic heterocycles. The highest BCUT2D eigenvalue weighted by atomic mass is 32.2. The van der Waals surface area contributed by atoms with Gasteiger partial charge < -0.3 is 15.2 Å². The molecule has 1 aromatic rings. The van der Waals surface area contributed by atoms with Crippen LogP contribution in [0.25, 0.3) is 0 Å². The number of hydrogen-bond donors (Lipinski definition) is 2. The van der Waals surface area contributed by atoms with Gasteiger partial charge in [-0.3, -0.25) is 0 Å². The summed E-state index contributed by atoms with van der Waals surface area (Å²) in [5, 5.41) is 5.74. The van der Waals surface area contributed by atoms with Gasteiger partial charge in [-0.1, -0.05) is 13.8 Å². The van der Waals surface area contributed by atoms with Crippen LogP contribution in [0.2, 0.25) is 0 Å². The molecule has 0 aliphatic rings. The zero-order valence-corrected chi connectivity index (χ0v) is 13.0. The second-order valence-corrected chi connectivity index (χ2v) is 5.98. The minimum absolute atomic E-state index is 0.138. The third-order valence-electron chi connectivity index (χ3n) is 2.56. The average Bonchev–Trinajstić information content (AvgIpc) is 2.73. The van der Waals surface area contributed by atoms with Crippen molar-refractivity contribution >= 4 is 17.8 Å². The molecule has 1 atom stereocenters. The Balaban J connectivity index is 2.40. The van der Waals surface area contributed by atoms with Gasteiger partial charge in [0.1, 0.15) is 5.82 Å². The molecule has 19 heavy (non-hydrogen) atoms. The van der Waals surface area contributed by atoms with E-state index in [1.165, 1.54) is 0 Å². The van der Waals surface area contributed by atoms with Crippen LogP contribution in [-0.2, 0) is 13.1 Å². The van der Waals surface area contributed by atoms with Crippen LogP contribution in [0.1, 0.15) is 26.6 Å². The summed E-state index contributed by atoms with van der Waals surface area (Å²) in [6, 6.07) is 0.0334. The molecule has 0 saturated heterocycles. The van der Waals surface area contributed by atoms with Crippen molar-refractivity contribution in [1.82, 2.24) is 20.2 Å². The van der Waals surface area contributed by atoms with Gasteiger partial charge in [0.15, 0.2) is 0 Å². The highest BCUT2D eigenvalue weighted by molar-refractivity contribution is 7.98. The normalized spacial score (nSPS) is 12.5. The van der Waals surface area contributed by atoms with Crippen molar-refractivity contribution in [1.29, 1.82) is 0 Å². The van der Waals surface area contributed by atoms with Crippen LogP contribution >= 0.6 is 11.8 Å². The molecule has 1 heterocycles. The van der Waals surface area contributed by atoms with Crippen molar-refractivity contribution in [3.8, 4) is 0 Å². The van der Waals surface area contributed by atoms with E-state index in [-0.39, 0.29) is 12.1 Å². The van der Waals surface area contributed by atoms with Crippen LogP contribution in [0.4, 0.5) is 4.79 Å². The fourth-order valence-electron chi connectivity index (χ4n) is 1.79. The Morgan fingerprint density at radius 3 is 2.84 bits per heavy atom. The molecular formula is C13H24N4OS. The lowest BCUT2D eigenvalue weighted by atomic mass is 10.2. The molecule has 1 unspecified atom stereocenters. The number of aromatic nitrogens is 2. The van der Waals surface area contributed by atoms with Crippen molar-refractivity contribution in [2.24, 2.45) is 5.92 Å². The largest absolute Gasteiger partial charge is 0.335 e. The van der Waals surface area contributed by atoms with E-state index in [1.54, 1.807) is 18.0 Å². The van der Waals surface area contributed by atoms with E-state index in [4.69, 9.17) is 0 Å². The average molecular weight is 284 g/mol. The number of nitrogens with one attached hydrogen (secondary N) is 2. The predicted octanol–water partition coefficient (Wildman–Crippen LogP) is 2.09. The van der Waals surface area contributed by atoms with E-state index in [2.05, 4.69) is 34.0 Å². The predicted molar refractivity (Wildman–Crippen MR) is 80.3 cm³/mol. The Labute approximate surface area is 119 Å². The van der Waals surface area contributed by atoms with Crippen molar-refractivity contribution in [2.45, 2.75) is 39.9 Å². The zero-order valence-electron chi connectivity index (χ0n) is 12.1. The van der Waals surface area contributed by atoms with Crippen LogP contribution < -0.4 is 10.6 Å². The molecule has 0 spiro atoms. The Hall–Kier alpha value is -1.17. The van der Waals surface area contributed by atoms with E-state index >= 15 is 0 Å². The molecule has 2 N–H and O–H groups in total. The van der Waals surface area contributed by atoms with Gasteiger partial charge in [0, 0.05) is 30.7 Å². The molecule has 108 valence electrons. The fraction of sp³-hybridized carbons (Fsp3) is 0.692. The first-order valence-corrected chi connectivity index (χ1v) is 7.95. The molecular weight excluding hydrogens is 260 g/mol. The lowest BCUT2D eigenvalue weighted by Gasteiger charge is -2.14. The minimum Gasteiger partial charge on any atom is -0.335 e. The number of nitrogens with zero attached hydrogens (tertiary/aromatic N) is 2. The number of thioether (sulfide) groups is 1. The Bertz CT molecular complexity index is 392. The molecule has 1 aromatic heterocycles. The summed E-state index contributed by atoms with van der Waals surface area (Å²) >= 11 is 1.72. The number of hydrogen-bond acceptors (Lipinski definition) is 3. The summed E-state index contributed by atoms with van der Waals surface area (Å²) in [5.74, 6) is 2.36. The summed E-state index contributed by atoms with van der Waals surface area (Å²) in [4.78, 5) is 16.0. The van der Waals surface area contributed by atoms with E-state index in [0.29, 0.717) is 12.5 Å². The standard InChI is InChI=1S/C13H24N4OS/c1-10(2)8-17-6-5-14-12(17)7-15-13(18)16-11(3)9-19-4/h5-6,10-11H,7-9H2,1-4H3,(H2,15,16,18). The van der Waals surface area contributed by atoms with Gasteiger partial charge in [-0.25, -0.2) is 9.78 Å². The smallest absolute Gasteiger partial charge is 0.315 e. The Morgan fingerprint density at radius 1 is 1.47 bits per heavy atom. The topological polar surface area (TPSA) is 59.0 Å². The van der Waals surface area contributed by atoms with Gasteiger partial charge in [0.05, 0.1) is 6.54 Å². The maximum atomic E-state index is 11.7. The van der Waals surface area contributed by atoms with Gasteiger partial charge in [-0.2, -0.15) is 11.8 Å². The molecule has 0 saturated carbocycles.